The van der Waals surface area contributed by atoms with Crippen LogP contribution in [0.1, 0.15) is 56.5 Å². The van der Waals surface area contributed by atoms with Crippen LogP contribution in [-0.4, -0.2) is 48.1 Å². The van der Waals surface area contributed by atoms with Gasteiger partial charge in [-0.05, 0) is 51.4 Å². The Balaban J connectivity index is 1.93. The molecule has 0 N–H and O–H groups in total. The van der Waals surface area contributed by atoms with Crippen LogP contribution in [0.3, 0.4) is 0 Å². The summed E-state index contributed by atoms with van der Waals surface area (Å²) in [7, 11) is -0.812. The van der Waals surface area contributed by atoms with E-state index >= 15 is 0 Å². The molecule has 2 heterocycles. The van der Waals surface area contributed by atoms with Gasteiger partial charge in [0.25, 0.3) is 11.8 Å². The average molecular weight is 376 g/mol. The second-order valence-corrected chi connectivity index (χ2v) is 8.15. The number of nitrogens with zero attached hydrogens (tertiary/aromatic N) is 2. The van der Waals surface area contributed by atoms with Crippen LogP contribution in [-0.2, 0) is 9.31 Å². The molecule has 3 rings (SSSR count). The topological polar surface area (TPSA) is 62.6 Å². The van der Waals surface area contributed by atoms with Gasteiger partial charge in [-0.3, -0.25) is 4.79 Å². The number of likely N-dealkylation sites (tertiary alicyclic amines) is 1. The molecule has 0 unspecified atom stereocenters. The summed E-state index contributed by atoms with van der Waals surface area (Å²) < 4.78 is 38.9. The van der Waals surface area contributed by atoms with E-state index in [0.29, 0.717) is 16.6 Å². The second kappa shape index (κ2) is 6.57. The molecule has 2 saturated heterocycles. The normalized spacial score (nSPS) is 23.1. The number of hydrogen-bond donors (Lipinski definition) is 0. The molecule has 8 heteroatoms. The number of hydrogen-bond acceptors (Lipinski definition) is 4. The highest BCUT2D eigenvalue weighted by Gasteiger charge is 2.52. The zero-order valence-electron chi connectivity index (χ0n) is 16.0. The first-order chi connectivity index (χ1) is 12.5. The van der Waals surface area contributed by atoms with Crippen molar-refractivity contribution in [2.45, 2.75) is 57.7 Å². The molecule has 0 spiro atoms. The molecule has 0 bridgehead atoms. The number of carbonyl (C=O) groups excluding carboxylic acids is 1. The lowest BCUT2D eigenvalue weighted by Crippen LogP contribution is -2.46. The van der Waals surface area contributed by atoms with Crippen molar-refractivity contribution in [3.05, 3.63) is 29.3 Å². The maximum atomic E-state index is 13.4. The third kappa shape index (κ3) is 3.71. The fraction of sp³-hybridized carbons (Fsp3) is 0.579. The maximum absolute atomic E-state index is 13.4. The van der Waals surface area contributed by atoms with Gasteiger partial charge in [0.15, 0.2) is 0 Å². The van der Waals surface area contributed by atoms with E-state index in [1.165, 1.54) is 4.90 Å². The Morgan fingerprint density at radius 3 is 2.22 bits per heavy atom. The quantitative estimate of drug-likeness (QED) is 0.745. The fourth-order valence-electron chi connectivity index (χ4n) is 3.20. The average Bonchev–Trinajstić information content (AvgIpc) is 2.81. The minimum absolute atomic E-state index is 0.00532. The highest BCUT2D eigenvalue weighted by Crippen LogP contribution is 2.37. The molecule has 2 aliphatic rings. The fourth-order valence-corrected chi connectivity index (χ4v) is 3.20. The van der Waals surface area contributed by atoms with Gasteiger partial charge in [0.05, 0.1) is 22.8 Å². The van der Waals surface area contributed by atoms with Gasteiger partial charge in [-0.15, -0.1) is 0 Å². The number of amides is 1. The zero-order valence-corrected chi connectivity index (χ0v) is 16.0. The van der Waals surface area contributed by atoms with Crippen LogP contribution in [0.15, 0.2) is 18.2 Å². The standard InChI is InChI=1S/C19H23BF2N2O3/c1-17(2)18(3,4)27-20(26-17)15-11-13(12-23)5-6-14(15)16(25)24-9-7-19(21,22)8-10-24/h5-6,11H,7-10H2,1-4H3. The molecule has 144 valence electrons. The van der Waals surface area contributed by atoms with Gasteiger partial charge in [-0.2, -0.15) is 5.26 Å². The van der Waals surface area contributed by atoms with Crippen molar-refractivity contribution < 1.29 is 22.9 Å². The first kappa shape index (κ1) is 19.8. The molecule has 2 aliphatic heterocycles. The molecule has 1 amide bonds. The molecule has 5 nitrogen and oxygen atoms in total. The van der Waals surface area contributed by atoms with Gasteiger partial charge in [0.2, 0.25) is 0 Å². The largest absolute Gasteiger partial charge is 0.495 e. The van der Waals surface area contributed by atoms with E-state index in [4.69, 9.17) is 9.31 Å². The monoisotopic (exact) mass is 376 g/mol. The smallest absolute Gasteiger partial charge is 0.399 e. The summed E-state index contributed by atoms with van der Waals surface area (Å²) in [4.78, 5) is 14.4. The second-order valence-electron chi connectivity index (χ2n) is 8.15. The van der Waals surface area contributed by atoms with E-state index in [0.717, 1.165) is 0 Å². The van der Waals surface area contributed by atoms with Crippen LogP contribution in [0, 0.1) is 11.3 Å². The molecule has 2 fully saturated rings. The number of carbonyl (C=O) groups is 1. The predicted octanol–water partition coefficient (Wildman–Crippen LogP) is 2.73. The number of alkyl halides is 2. The maximum Gasteiger partial charge on any atom is 0.495 e. The lowest BCUT2D eigenvalue weighted by molar-refractivity contribution is -0.0494. The van der Waals surface area contributed by atoms with Crippen LogP contribution < -0.4 is 5.46 Å². The van der Waals surface area contributed by atoms with Crippen molar-refractivity contribution in [3.8, 4) is 6.07 Å². The van der Waals surface area contributed by atoms with E-state index in [9.17, 15) is 18.8 Å². The van der Waals surface area contributed by atoms with E-state index < -0.39 is 24.2 Å². The Bertz CT molecular complexity index is 779. The lowest BCUT2D eigenvalue weighted by Gasteiger charge is -2.32. The molecule has 0 aromatic heterocycles. The van der Waals surface area contributed by atoms with E-state index in [1.54, 1.807) is 18.2 Å². The van der Waals surface area contributed by atoms with Crippen LogP contribution in [0.5, 0.6) is 0 Å². The lowest BCUT2D eigenvalue weighted by atomic mass is 9.74. The molecule has 1 aromatic carbocycles. The number of benzene rings is 1. The minimum atomic E-state index is -2.73. The van der Waals surface area contributed by atoms with E-state index in [1.807, 2.05) is 27.7 Å². The SMILES string of the molecule is CC1(C)OB(c2cc(C#N)ccc2C(=O)N2CCC(F)(F)CC2)OC1(C)C. The number of piperidine rings is 1. The summed E-state index contributed by atoms with van der Waals surface area (Å²) in [6, 6.07) is 6.72. The molecular formula is C19H23BF2N2O3. The van der Waals surface area contributed by atoms with Gasteiger partial charge in [-0.1, -0.05) is 0 Å². The molecule has 27 heavy (non-hydrogen) atoms. The van der Waals surface area contributed by atoms with Crippen molar-refractivity contribution in [1.29, 1.82) is 5.26 Å². The number of nitriles is 1. The van der Waals surface area contributed by atoms with Crippen molar-refractivity contribution in [2.24, 2.45) is 0 Å². The summed E-state index contributed by atoms with van der Waals surface area (Å²) in [6.07, 6.45) is -0.693. The predicted molar refractivity (Wildman–Crippen MR) is 97.0 cm³/mol. The van der Waals surface area contributed by atoms with Crippen molar-refractivity contribution in [1.82, 2.24) is 4.90 Å². The molecule has 0 radical (unpaired) electrons. The van der Waals surface area contributed by atoms with Crippen molar-refractivity contribution in [3.63, 3.8) is 0 Å². The van der Waals surface area contributed by atoms with Crippen molar-refractivity contribution >= 4 is 18.5 Å². The van der Waals surface area contributed by atoms with Gasteiger partial charge in [0, 0.05) is 31.5 Å². The van der Waals surface area contributed by atoms with Crippen LogP contribution in [0.2, 0.25) is 0 Å². The Morgan fingerprint density at radius 1 is 1.15 bits per heavy atom. The molecular weight excluding hydrogens is 353 g/mol. The molecule has 0 aliphatic carbocycles. The Labute approximate surface area is 158 Å². The van der Waals surface area contributed by atoms with Crippen LogP contribution >= 0.6 is 0 Å². The number of halogens is 2. The Morgan fingerprint density at radius 2 is 1.70 bits per heavy atom. The van der Waals surface area contributed by atoms with E-state index in [-0.39, 0.29) is 31.8 Å². The molecule has 0 saturated carbocycles. The first-order valence-electron chi connectivity index (χ1n) is 9.03. The van der Waals surface area contributed by atoms with Gasteiger partial charge in [0.1, 0.15) is 0 Å². The zero-order chi connectivity index (χ0) is 20.0. The Kier molecular flexibility index (Phi) is 4.81. The van der Waals surface area contributed by atoms with E-state index in [2.05, 4.69) is 6.07 Å². The summed E-state index contributed by atoms with van der Waals surface area (Å²) in [5.74, 6) is -3.07. The van der Waals surface area contributed by atoms with Gasteiger partial charge in [-0.25, -0.2) is 8.78 Å². The van der Waals surface area contributed by atoms with Gasteiger partial charge >= 0.3 is 7.12 Å². The third-order valence-electron chi connectivity index (χ3n) is 5.70. The van der Waals surface area contributed by atoms with Gasteiger partial charge < -0.3 is 14.2 Å². The summed E-state index contributed by atoms with van der Waals surface area (Å²) >= 11 is 0. The number of rotatable bonds is 2. The highest BCUT2D eigenvalue weighted by atomic mass is 19.3. The van der Waals surface area contributed by atoms with Crippen LogP contribution in [0.4, 0.5) is 8.78 Å². The first-order valence-corrected chi connectivity index (χ1v) is 9.03. The Hall–Kier alpha value is -1.98. The highest BCUT2D eigenvalue weighted by molar-refractivity contribution is 6.63. The summed E-state index contributed by atoms with van der Waals surface area (Å²) in [6.45, 7) is 7.58. The van der Waals surface area contributed by atoms with Crippen LogP contribution in [0.25, 0.3) is 0 Å². The molecule has 0 atom stereocenters. The van der Waals surface area contributed by atoms with Crippen molar-refractivity contribution in [2.75, 3.05) is 13.1 Å². The minimum Gasteiger partial charge on any atom is -0.399 e. The molecule has 1 aromatic rings. The summed E-state index contributed by atoms with van der Waals surface area (Å²) in [5, 5.41) is 9.24. The third-order valence-corrected chi connectivity index (χ3v) is 5.70. The summed E-state index contributed by atoms with van der Waals surface area (Å²) in [5.41, 5.74) is -0.0593.